The number of nitrogens with two attached hydrogens (primary N) is 1. The van der Waals surface area contributed by atoms with Gasteiger partial charge in [-0.1, -0.05) is 152 Å². The highest BCUT2D eigenvalue weighted by Crippen LogP contribution is 2.37. The van der Waals surface area contributed by atoms with Gasteiger partial charge in [0.2, 0.25) is 29.5 Å². The molecule has 17 nitrogen and oxygen atoms in total. The van der Waals surface area contributed by atoms with Crippen molar-refractivity contribution in [2.75, 3.05) is 19.6 Å². The normalized spacial score (nSPS) is 17.0. The molecule has 6 atom stereocenters. The monoisotopic (exact) mass is 1630 g/mol. The molecule has 6 heterocycles. The summed E-state index contributed by atoms with van der Waals surface area (Å²) in [6.45, 7) is 4.24. The van der Waals surface area contributed by atoms with Crippen LogP contribution in [-0.4, -0.2) is 107 Å². The van der Waals surface area contributed by atoms with Gasteiger partial charge in [0, 0.05) is 102 Å². The van der Waals surface area contributed by atoms with E-state index in [9.17, 15) is 55.1 Å². The summed E-state index contributed by atoms with van der Waals surface area (Å²) in [6.07, 6.45) is 2.97. The summed E-state index contributed by atoms with van der Waals surface area (Å²) in [4.78, 5) is 77.7. The van der Waals surface area contributed by atoms with E-state index in [0.717, 1.165) is 90.2 Å². The van der Waals surface area contributed by atoms with Crippen molar-refractivity contribution in [1.82, 2.24) is 31.1 Å². The number of nitrogens with one attached hydrogen (secondary N) is 4. The third-order valence-corrected chi connectivity index (χ3v) is 21.1. The number of carboxylic acid groups (broad SMARTS) is 1. The first kappa shape index (κ1) is 83.2. The highest BCUT2D eigenvalue weighted by atomic mass is 35.5. The molecule has 9 aromatic carbocycles. The van der Waals surface area contributed by atoms with E-state index in [0.29, 0.717) is 23.3 Å². The molecule has 12 aromatic rings. The molecule has 15 rings (SSSR count). The predicted octanol–water partition coefficient (Wildman–Crippen LogP) is 17.5. The average molecular weight is 1630 g/mol. The maximum absolute atomic E-state index is 14.4. The number of halogens is 9. The second kappa shape index (κ2) is 38.3. The summed E-state index contributed by atoms with van der Waals surface area (Å²) in [6, 6.07) is 52.1. The number of aryl methyl sites for hydroxylation is 2. The number of aliphatic carboxylic acids is 1. The Hall–Kier alpha value is -11.2. The van der Waals surface area contributed by atoms with Crippen molar-refractivity contribution < 1.29 is 73.5 Å². The largest absolute Gasteiger partial charge is 0.481 e. The van der Waals surface area contributed by atoms with Crippen LogP contribution in [0.5, 0.6) is 0 Å². The van der Waals surface area contributed by atoms with Gasteiger partial charge in [-0.25, -0.2) is 26.3 Å². The number of benzene rings is 9. The lowest BCUT2D eigenvalue weighted by molar-refractivity contribution is -0.138. The number of hydrogen-bond donors (Lipinski definition) is 6. The molecule has 0 radical (unpaired) electrons. The van der Waals surface area contributed by atoms with Gasteiger partial charge in [-0.3, -0.25) is 28.8 Å². The van der Waals surface area contributed by atoms with Crippen LogP contribution in [0.1, 0.15) is 83.2 Å². The van der Waals surface area contributed by atoms with Crippen molar-refractivity contribution in [3.63, 3.8) is 0 Å². The van der Waals surface area contributed by atoms with Gasteiger partial charge in [0.05, 0.1) is 72.3 Å². The summed E-state index contributed by atoms with van der Waals surface area (Å²) < 4.78 is 101. The van der Waals surface area contributed by atoms with E-state index in [1.807, 2.05) is 103 Å². The minimum atomic E-state index is -1.33. The molecule has 3 aliphatic rings. The molecule has 115 heavy (non-hydrogen) atoms. The summed E-state index contributed by atoms with van der Waals surface area (Å²) in [5.74, 6) is -4.73. The SMILES string of the molecule is CCc1cccc(-c2cc(CC(=O)N3C[C@H](F)C[C@H]3C(=O)NCc3cccc(Cl)c3F)cc3ccoc23)c1.CCc1cccc(-c2cc(CC(=O)O)cc3ccoc23)c1.NCc1cccc(-c2cc(CC(=O)N3C[C@H](F)C[C@H]3C(=O)NCc3cccc(Cl)c3F)cc3ccoc23)c1.O=C(NCc1cccc(Cl)c1F)[C@@H]1C[C@@H](F)CN1. The van der Waals surface area contributed by atoms with Gasteiger partial charge in [0.15, 0.2) is 0 Å². The Bertz CT molecular complexity index is 5320. The third kappa shape index (κ3) is 20.7. The van der Waals surface area contributed by atoms with E-state index in [1.165, 1.54) is 51.3 Å². The zero-order valence-corrected chi connectivity index (χ0v) is 64.9. The van der Waals surface area contributed by atoms with Gasteiger partial charge in [0.1, 0.15) is 64.8 Å². The number of hydrogen-bond acceptors (Lipinski definition) is 11. The smallest absolute Gasteiger partial charge is 0.307 e. The Kier molecular flexibility index (Phi) is 27.7. The molecule has 0 bridgehead atoms. The van der Waals surface area contributed by atoms with Crippen LogP contribution in [0.25, 0.3) is 66.3 Å². The number of fused-ring (bicyclic) bond motifs is 3. The molecular formula is C89H82Cl3F6N7O10. The fourth-order valence-corrected chi connectivity index (χ4v) is 14.9. The second-order valence-electron chi connectivity index (χ2n) is 28.3. The van der Waals surface area contributed by atoms with E-state index >= 15 is 0 Å². The van der Waals surface area contributed by atoms with Crippen LogP contribution < -0.4 is 27.0 Å². The van der Waals surface area contributed by atoms with Gasteiger partial charge in [0.25, 0.3) is 0 Å². The first-order valence-electron chi connectivity index (χ1n) is 37.5. The molecule has 0 aliphatic carbocycles. The fraction of sp³-hybridized carbons (Fsp3) is 0.258. The Morgan fingerprint density at radius 3 is 1.17 bits per heavy atom. The number of carboxylic acids is 1. The van der Waals surface area contributed by atoms with Gasteiger partial charge < -0.3 is 55.2 Å². The highest BCUT2D eigenvalue weighted by molar-refractivity contribution is 6.31. The summed E-state index contributed by atoms with van der Waals surface area (Å²) in [5, 5.41) is 22.1. The van der Waals surface area contributed by atoms with Crippen LogP contribution >= 0.6 is 34.8 Å². The molecule has 3 aliphatic heterocycles. The standard InChI is InChI=1S/C30H27ClF2N2O3.C29H26ClF2N3O3.C18H16O3.C12H13ClF2N2O/c1-2-18-5-3-6-20(11-18)24-13-19(12-21-9-10-38-29(21)24)14-27(36)35-17-23(32)15-26(35)30(37)34-16-22-7-4-8-25(31)28(22)33;30-24-6-2-5-21(27(24)32)15-34-29(37)25-13-22(31)16-35(25)26(36)12-18-10-20-7-8-38-28(20)23(11-18)19-4-1-3-17(9-19)14-33;1-2-12-4-3-5-14(8-12)16-10-13(11-17(19)20)9-15-6-7-21-18(15)16;13-9-3-1-2-7(11(9)15)5-17-12(18)10-4-8(14)6-16-10/h3-13,23,26H,2,14-17H2,1H3,(H,34,37);1-11,22,25H,12-16,33H2,(H,34,37);3-10H,2,11H2,1H3,(H,19,20);1-3,8,10,16H,4-6H2,(H,17,18)/t23-,26+;22-,25+;;8-,10+/m11.1/s1. The highest BCUT2D eigenvalue weighted by Gasteiger charge is 2.41. The second-order valence-corrected chi connectivity index (χ2v) is 29.5. The van der Waals surface area contributed by atoms with E-state index in [1.54, 1.807) is 43.1 Å². The first-order chi connectivity index (χ1) is 55.4. The zero-order valence-electron chi connectivity index (χ0n) is 62.6. The van der Waals surface area contributed by atoms with Crippen LogP contribution in [0.4, 0.5) is 26.3 Å². The number of nitrogens with zero attached hydrogens (tertiary/aromatic N) is 2. The van der Waals surface area contributed by atoms with Crippen LogP contribution in [0.2, 0.25) is 15.1 Å². The van der Waals surface area contributed by atoms with Gasteiger partial charge in [-0.05, 0) is 142 Å². The van der Waals surface area contributed by atoms with Gasteiger partial charge >= 0.3 is 5.97 Å². The Morgan fingerprint density at radius 1 is 0.452 bits per heavy atom. The topological polar surface area (TPSA) is 243 Å². The van der Waals surface area contributed by atoms with Crippen molar-refractivity contribution in [1.29, 1.82) is 0 Å². The first-order valence-corrected chi connectivity index (χ1v) is 38.6. The van der Waals surface area contributed by atoms with E-state index in [2.05, 4.69) is 59.4 Å². The van der Waals surface area contributed by atoms with Crippen molar-refractivity contribution in [2.24, 2.45) is 5.73 Å². The minimum Gasteiger partial charge on any atom is -0.481 e. The molecule has 3 aromatic heterocycles. The van der Waals surface area contributed by atoms with Crippen molar-refractivity contribution in [3.05, 3.63) is 283 Å². The predicted molar refractivity (Wildman–Crippen MR) is 431 cm³/mol. The number of carbonyl (C=O) groups excluding carboxylic acids is 5. The molecular weight excluding hydrogens is 1550 g/mol. The Balaban J connectivity index is 0.000000148. The van der Waals surface area contributed by atoms with Crippen LogP contribution in [0.3, 0.4) is 0 Å². The van der Waals surface area contributed by atoms with Crippen LogP contribution in [-0.2, 0) is 87.1 Å². The molecule has 0 saturated carbocycles. The average Bonchev–Trinajstić information content (AvgIpc) is 1.73. The lowest BCUT2D eigenvalue weighted by Gasteiger charge is -2.24. The Morgan fingerprint density at radius 2 is 0.809 bits per heavy atom. The zero-order chi connectivity index (χ0) is 81.6. The molecule has 0 spiro atoms. The molecule has 596 valence electrons. The molecule has 26 heteroatoms. The maximum atomic E-state index is 14.4. The number of alkyl halides is 3. The summed E-state index contributed by atoms with van der Waals surface area (Å²) >= 11 is 17.3. The number of furan rings is 3. The third-order valence-electron chi connectivity index (χ3n) is 20.3. The summed E-state index contributed by atoms with van der Waals surface area (Å²) in [5.41, 5.74) is 19.9. The van der Waals surface area contributed by atoms with E-state index in [4.69, 9.17) is 58.9 Å². The van der Waals surface area contributed by atoms with Crippen LogP contribution in [0, 0.1) is 17.5 Å². The van der Waals surface area contributed by atoms with Crippen LogP contribution in [0.15, 0.2) is 214 Å². The molecule has 5 amide bonds. The minimum absolute atomic E-state index is 0.00100. The molecule has 0 unspecified atom stereocenters. The van der Waals surface area contributed by atoms with E-state index in [-0.39, 0.29) is 122 Å². The quantitative estimate of drug-likeness (QED) is 0.0368. The number of amides is 5. The lowest BCUT2D eigenvalue weighted by Crippen LogP contribution is -2.46. The number of rotatable bonds is 21. The number of carbonyl (C=O) groups is 6. The van der Waals surface area contributed by atoms with Crippen molar-refractivity contribution >= 4 is 103 Å². The number of likely N-dealkylation sites (tertiary alicyclic amines) is 2. The van der Waals surface area contributed by atoms with Gasteiger partial charge in [-0.15, -0.1) is 0 Å². The van der Waals surface area contributed by atoms with Crippen molar-refractivity contribution in [3.8, 4) is 33.4 Å². The fourth-order valence-electron chi connectivity index (χ4n) is 14.4. The van der Waals surface area contributed by atoms with Crippen molar-refractivity contribution in [2.45, 2.75) is 128 Å². The molecule has 3 fully saturated rings. The van der Waals surface area contributed by atoms with Gasteiger partial charge in [-0.2, -0.15) is 0 Å². The molecule has 7 N–H and O–H groups in total. The van der Waals surface area contributed by atoms with E-state index < -0.39 is 71.9 Å². The molecule has 3 saturated heterocycles. The Labute approximate surface area is 674 Å². The summed E-state index contributed by atoms with van der Waals surface area (Å²) in [7, 11) is 0. The maximum Gasteiger partial charge on any atom is 0.307 e. The lowest BCUT2D eigenvalue weighted by atomic mass is 9.97.